The molecule has 4 heteroatoms. The first-order valence-electron chi connectivity index (χ1n) is 28.7. The van der Waals surface area contributed by atoms with Crippen LogP contribution in [-0.2, 0) is 9.47 Å². The molecule has 0 amide bonds. The van der Waals surface area contributed by atoms with E-state index in [1.54, 1.807) is 11.1 Å². The smallest absolute Gasteiger partial charge is 0.0701 e. The minimum absolute atomic E-state index is 0.434. The van der Waals surface area contributed by atoms with Crippen LogP contribution in [0.5, 0.6) is 0 Å². The molecular formula is C60H104N2O2. The van der Waals surface area contributed by atoms with Crippen LogP contribution in [0.2, 0.25) is 0 Å². The van der Waals surface area contributed by atoms with E-state index in [2.05, 4.69) is 92.0 Å². The van der Waals surface area contributed by atoms with Gasteiger partial charge >= 0.3 is 0 Å². The highest BCUT2D eigenvalue weighted by Gasteiger charge is 2.61. The van der Waals surface area contributed by atoms with E-state index in [0.717, 1.165) is 97.3 Å². The lowest BCUT2D eigenvalue weighted by molar-refractivity contribution is -0.0517. The van der Waals surface area contributed by atoms with Crippen molar-refractivity contribution >= 4 is 0 Å². The van der Waals surface area contributed by atoms with Crippen LogP contribution in [0.15, 0.2) is 23.3 Å². The van der Waals surface area contributed by atoms with Gasteiger partial charge in [-0.25, -0.2) is 0 Å². The maximum absolute atomic E-state index is 6.08. The van der Waals surface area contributed by atoms with Gasteiger partial charge in [0, 0.05) is 25.2 Å². The highest BCUT2D eigenvalue weighted by Crippen LogP contribution is 2.69. The highest BCUT2D eigenvalue weighted by atomic mass is 16.5. The fraction of sp³-hybridized carbons (Fsp3) is 0.933. The quantitative estimate of drug-likeness (QED) is 0.0890. The molecule has 0 aromatic carbocycles. The maximum atomic E-state index is 6.08. The Morgan fingerprint density at radius 1 is 0.500 bits per heavy atom. The van der Waals surface area contributed by atoms with Gasteiger partial charge in [-0.3, -0.25) is 0 Å². The van der Waals surface area contributed by atoms with Gasteiger partial charge in [0.2, 0.25) is 0 Å². The first-order valence-corrected chi connectivity index (χ1v) is 28.7. The molecule has 366 valence electrons. The summed E-state index contributed by atoms with van der Waals surface area (Å²) in [5, 5.41) is 7.84. The predicted molar refractivity (Wildman–Crippen MR) is 271 cm³/mol. The fourth-order valence-corrected chi connectivity index (χ4v) is 18.7. The topological polar surface area (TPSA) is 42.5 Å². The summed E-state index contributed by atoms with van der Waals surface area (Å²) in [4.78, 5) is 0. The Bertz CT molecular complexity index is 1450. The molecule has 0 bridgehead atoms. The summed E-state index contributed by atoms with van der Waals surface area (Å²) in [6.45, 7) is 30.6. The predicted octanol–water partition coefficient (Wildman–Crippen LogP) is 15.0. The van der Waals surface area contributed by atoms with Crippen molar-refractivity contribution in [3.05, 3.63) is 23.3 Å². The Labute approximate surface area is 396 Å². The van der Waals surface area contributed by atoms with Gasteiger partial charge in [0.15, 0.2) is 0 Å². The lowest BCUT2D eigenvalue weighted by Gasteiger charge is -2.58. The van der Waals surface area contributed by atoms with Gasteiger partial charge in [0.05, 0.1) is 26.4 Å². The van der Waals surface area contributed by atoms with Crippen molar-refractivity contribution in [2.75, 3.05) is 39.5 Å². The van der Waals surface area contributed by atoms with Crippen molar-refractivity contribution in [3.8, 4) is 0 Å². The molecule has 2 N–H and O–H groups in total. The van der Waals surface area contributed by atoms with Crippen molar-refractivity contribution < 1.29 is 9.47 Å². The van der Waals surface area contributed by atoms with E-state index in [-0.39, 0.29) is 0 Å². The van der Waals surface area contributed by atoms with Crippen LogP contribution in [0.3, 0.4) is 0 Å². The Morgan fingerprint density at radius 2 is 0.922 bits per heavy atom. The van der Waals surface area contributed by atoms with Crippen LogP contribution in [0.25, 0.3) is 0 Å². The number of hydrogen-bond donors (Lipinski definition) is 2. The molecule has 4 nitrogen and oxygen atoms in total. The zero-order valence-electron chi connectivity index (χ0n) is 43.9. The number of ether oxygens (including phenoxy) is 2. The molecule has 16 atom stereocenters. The average Bonchev–Trinajstić information content (AvgIpc) is 3.81. The summed E-state index contributed by atoms with van der Waals surface area (Å²) in [7, 11) is 0. The third kappa shape index (κ3) is 10.1. The van der Waals surface area contributed by atoms with E-state index in [9.17, 15) is 0 Å². The van der Waals surface area contributed by atoms with Crippen LogP contribution in [0, 0.1) is 92.7 Å². The van der Waals surface area contributed by atoms with E-state index in [1.807, 2.05) is 0 Å². The lowest BCUT2D eigenvalue weighted by Crippen LogP contribution is -2.52. The SMILES string of the molecule is CC(C)CCCC(C)C1CCC2C3CC=C4CC(NCCOCCOCCNC5CCC6(C)C(=CCC7C6CCC6(C)C(C(C)CCCC(C)C)CCC76)C5)CCC4(C)C3CCC12C. The highest BCUT2D eigenvalue weighted by molar-refractivity contribution is 5.27. The fourth-order valence-electron chi connectivity index (χ4n) is 18.7. The molecule has 0 spiro atoms. The van der Waals surface area contributed by atoms with Crippen LogP contribution in [-0.4, -0.2) is 51.6 Å². The molecular weight excluding hydrogens is 781 g/mol. The van der Waals surface area contributed by atoms with Crippen molar-refractivity contribution in [3.63, 3.8) is 0 Å². The first kappa shape index (κ1) is 49.7. The normalized spacial score (nSPS) is 42.5. The zero-order chi connectivity index (χ0) is 45.3. The Balaban J connectivity index is 0.691. The molecule has 8 aliphatic rings. The standard InChI is InChI=1S/C60H104N2O2/c1-41(2)13-11-15-43(5)51-21-23-53-49-19-17-45-39-47(25-29-57(45,7)55(49)27-31-59(51,53)9)61-33-35-63-37-38-64-36-34-62-48-26-30-58(8)46(40-48)18-20-50-54-24-22-52(44(6)16-12-14-42(3)4)60(54,10)32-28-56(50)58/h17-18,41-44,47-56,61-62H,11-16,19-40H2,1-10H3. The minimum atomic E-state index is 0.434. The maximum Gasteiger partial charge on any atom is 0.0701 e. The van der Waals surface area contributed by atoms with Gasteiger partial charge in [0.25, 0.3) is 0 Å². The summed E-state index contributed by atoms with van der Waals surface area (Å²) in [6.07, 6.45) is 36.6. The molecule has 64 heavy (non-hydrogen) atoms. The first-order chi connectivity index (χ1) is 30.7. The summed E-state index contributed by atoms with van der Waals surface area (Å²) in [6, 6.07) is 1.22. The van der Waals surface area contributed by atoms with Crippen molar-refractivity contribution in [1.82, 2.24) is 10.6 Å². The van der Waals surface area contributed by atoms with E-state index >= 15 is 0 Å². The lowest BCUT2D eigenvalue weighted by atomic mass is 9.47. The molecule has 0 aromatic rings. The summed E-state index contributed by atoms with van der Waals surface area (Å²) in [5.74, 6) is 11.0. The van der Waals surface area contributed by atoms with Crippen molar-refractivity contribution in [1.29, 1.82) is 0 Å². The monoisotopic (exact) mass is 885 g/mol. The number of rotatable bonds is 21. The molecule has 0 heterocycles. The third-order valence-corrected chi connectivity index (χ3v) is 22.3. The zero-order valence-corrected chi connectivity index (χ0v) is 43.9. The summed E-state index contributed by atoms with van der Waals surface area (Å²) >= 11 is 0. The Morgan fingerprint density at radius 3 is 1.33 bits per heavy atom. The van der Waals surface area contributed by atoms with Gasteiger partial charge in [0.1, 0.15) is 0 Å². The Hall–Kier alpha value is -0.680. The van der Waals surface area contributed by atoms with Gasteiger partial charge in [-0.1, -0.05) is 131 Å². The largest absolute Gasteiger partial charge is 0.378 e. The second kappa shape index (κ2) is 21.1. The molecule has 16 unspecified atom stereocenters. The molecule has 0 aromatic heterocycles. The number of nitrogens with one attached hydrogen (secondary N) is 2. The number of allylic oxidation sites excluding steroid dienone is 2. The average molecular weight is 886 g/mol. The van der Waals surface area contributed by atoms with E-state index < -0.39 is 0 Å². The summed E-state index contributed by atoms with van der Waals surface area (Å²) < 4.78 is 12.2. The van der Waals surface area contributed by atoms with Crippen LogP contribution in [0.1, 0.15) is 210 Å². The number of hydrogen-bond acceptors (Lipinski definition) is 4. The van der Waals surface area contributed by atoms with Crippen LogP contribution in [0.4, 0.5) is 0 Å². The van der Waals surface area contributed by atoms with Gasteiger partial charge in [-0.2, -0.15) is 0 Å². The molecule has 8 rings (SSSR count). The van der Waals surface area contributed by atoms with Crippen molar-refractivity contribution in [2.24, 2.45) is 92.7 Å². The van der Waals surface area contributed by atoms with E-state index in [4.69, 9.17) is 9.47 Å². The van der Waals surface area contributed by atoms with Gasteiger partial charge in [-0.15, -0.1) is 0 Å². The number of fused-ring (bicyclic) bond motifs is 10. The second-order valence-corrected chi connectivity index (χ2v) is 26.6. The molecule has 0 radical (unpaired) electrons. The van der Waals surface area contributed by atoms with Gasteiger partial charge < -0.3 is 20.1 Å². The molecule has 6 fully saturated rings. The minimum Gasteiger partial charge on any atom is -0.378 e. The van der Waals surface area contributed by atoms with Crippen LogP contribution < -0.4 is 10.6 Å². The van der Waals surface area contributed by atoms with Crippen LogP contribution >= 0.6 is 0 Å². The molecule has 8 aliphatic carbocycles. The molecule has 6 saturated carbocycles. The van der Waals surface area contributed by atoms with E-state index in [1.165, 1.54) is 141 Å². The summed E-state index contributed by atoms with van der Waals surface area (Å²) in [5.41, 5.74) is 5.64. The van der Waals surface area contributed by atoms with E-state index in [0.29, 0.717) is 47.0 Å². The van der Waals surface area contributed by atoms with Crippen molar-refractivity contribution in [2.45, 2.75) is 223 Å². The second-order valence-electron chi connectivity index (χ2n) is 26.6. The third-order valence-electron chi connectivity index (χ3n) is 22.3. The molecule has 0 saturated heterocycles. The Kier molecular flexibility index (Phi) is 16.4. The molecule has 0 aliphatic heterocycles. The van der Waals surface area contributed by atoms with Gasteiger partial charge in [-0.05, 0) is 195 Å².